The average Bonchev–Trinajstić information content (AvgIpc) is 2.05. The largest absolute Gasteiger partial charge is 0.508 e. The fourth-order valence-corrected chi connectivity index (χ4v) is 2.75. The Labute approximate surface area is 94.9 Å². The summed E-state index contributed by atoms with van der Waals surface area (Å²) < 4.78 is 31.5. The molecule has 92 valence electrons. The van der Waals surface area contributed by atoms with E-state index in [4.69, 9.17) is 4.55 Å². The molecule has 2 atom stereocenters. The van der Waals surface area contributed by atoms with Crippen molar-refractivity contribution in [3.8, 4) is 0 Å². The van der Waals surface area contributed by atoms with Crippen LogP contribution >= 0.6 is 0 Å². The first-order valence-electron chi connectivity index (χ1n) is 4.78. The zero-order valence-electron chi connectivity index (χ0n) is 9.38. The van der Waals surface area contributed by atoms with Crippen molar-refractivity contribution in [1.82, 2.24) is 0 Å². The Bertz CT molecular complexity index is 440. The van der Waals surface area contributed by atoms with Crippen LogP contribution in [-0.2, 0) is 10.1 Å². The topological polar surface area (TPSA) is 94.8 Å². The number of aliphatic hydroxyl groups is 2. The predicted octanol–water partition coefficient (Wildman–Crippen LogP) is 1.24. The fraction of sp³-hybridized carbons (Fsp3) is 0.600. The van der Waals surface area contributed by atoms with Gasteiger partial charge in [0.15, 0.2) is 0 Å². The molecule has 0 bridgehead atoms. The third-order valence-corrected chi connectivity index (χ3v) is 3.84. The van der Waals surface area contributed by atoms with Gasteiger partial charge in [0.1, 0.15) is 5.76 Å². The van der Waals surface area contributed by atoms with Gasteiger partial charge in [-0.1, -0.05) is 20.8 Å². The van der Waals surface area contributed by atoms with E-state index in [0.29, 0.717) is 0 Å². The van der Waals surface area contributed by atoms with Gasteiger partial charge in [-0.05, 0) is 23.6 Å². The maximum atomic E-state index is 11.2. The van der Waals surface area contributed by atoms with Gasteiger partial charge < -0.3 is 10.2 Å². The highest BCUT2D eigenvalue weighted by atomic mass is 32.2. The summed E-state index contributed by atoms with van der Waals surface area (Å²) in [7, 11) is -4.67. The van der Waals surface area contributed by atoms with Gasteiger partial charge in [-0.3, -0.25) is 4.55 Å². The van der Waals surface area contributed by atoms with Gasteiger partial charge in [0.2, 0.25) is 4.93 Å². The Morgan fingerprint density at radius 3 is 2.25 bits per heavy atom. The summed E-state index contributed by atoms with van der Waals surface area (Å²) in [5, 5.41) is 19.4. The van der Waals surface area contributed by atoms with Gasteiger partial charge in [-0.2, -0.15) is 8.42 Å². The molecule has 0 saturated carbocycles. The van der Waals surface area contributed by atoms with Crippen molar-refractivity contribution in [2.45, 2.75) is 25.7 Å². The molecular weight excluding hydrogens is 232 g/mol. The second-order valence-electron chi connectivity index (χ2n) is 5.00. The fourth-order valence-electron chi connectivity index (χ4n) is 1.77. The third-order valence-electron chi connectivity index (χ3n) is 2.62. The van der Waals surface area contributed by atoms with E-state index >= 15 is 0 Å². The molecule has 0 fully saturated rings. The first kappa shape index (κ1) is 13.2. The van der Waals surface area contributed by atoms with E-state index in [9.17, 15) is 18.6 Å². The molecular formula is C10H16O5S. The van der Waals surface area contributed by atoms with E-state index in [0.717, 1.165) is 12.2 Å². The summed E-state index contributed by atoms with van der Waals surface area (Å²) in [6, 6.07) is 0. The average molecular weight is 248 g/mol. The molecule has 0 radical (unpaired) electrons. The minimum atomic E-state index is -4.67. The van der Waals surface area contributed by atoms with Crippen molar-refractivity contribution < 1.29 is 23.2 Å². The summed E-state index contributed by atoms with van der Waals surface area (Å²) in [5.41, 5.74) is -0.636. The van der Waals surface area contributed by atoms with Gasteiger partial charge in [0, 0.05) is 5.92 Å². The van der Waals surface area contributed by atoms with E-state index in [1.54, 1.807) is 20.8 Å². The summed E-state index contributed by atoms with van der Waals surface area (Å²) in [6.45, 7) is 5.12. The molecule has 16 heavy (non-hydrogen) atoms. The van der Waals surface area contributed by atoms with Gasteiger partial charge in [-0.15, -0.1) is 0 Å². The van der Waals surface area contributed by atoms with Crippen LogP contribution in [0.3, 0.4) is 0 Å². The molecule has 1 aliphatic rings. The van der Waals surface area contributed by atoms with Crippen LogP contribution in [0.15, 0.2) is 24.0 Å². The Morgan fingerprint density at radius 1 is 1.38 bits per heavy atom. The maximum Gasteiger partial charge on any atom is 0.299 e. The molecule has 0 aromatic carbocycles. The van der Waals surface area contributed by atoms with Gasteiger partial charge >= 0.3 is 0 Å². The highest BCUT2D eigenvalue weighted by Crippen LogP contribution is 2.42. The molecule has 1 aliphatic carbocycles. The minimum absolute atomic E-state index is 0.131. The monoisotopic (exact) mass is 248 g/mol. The molecule has 5 nitrogen and oxygen atoms in total. The van der Waals surface area contributed by atoms with Crippen LogP contribution in [0.1, 0.15) is 20.8 Å². The van der Waals surface area contributed by atoms with Crippen molar-refractivity contribution in [2.24, 2.45) is 11.3 Å². The second-order valence-corrected chi connectivity index (χ2v) is 6.60. The van der Waals surface area contributed by atoms with Crippen LogP contribution in [0.2, 0.25) is 0 Å². The Hall–Kier alpha value is -0.850. The van der Waals surface area contributed by atoms with Crippen molar-refractivity contribution in [3.05, 3.63) is 24.0 Å². The van der Waals surface area contributed by atoms with Crippen molar-refractivity contribution in [2.75, 3.05) is 0 Å². The lowest BCUT2D eigenvalue weighted by atomic mass is 9.75. The quantitative estimate of drug-likeness (QED) is 0.607. The summed E-state index contributed by atoms with van der Waals surface area (Å²) >= 11 is 0. The molecule has 1 rings (SSSR count). The molecule has 0 aliphatic heterocycles. The lowest BCUT2D eigenvalue weighted by Crippen LogP contribution is -2.49. The standard InChI is InChI=1S/C10H16O5S/c1-9(2,3)8-6-7(11)4-5-10(8,12)16(13,14)15/h4-6,8,11-12H,1-3H3,(H,13,14,15). The smallest absolute Gasteiger partial charge is 0.299 e. The first-order chi connectivity index (χ1) is 6.98. The van der Waals surface area contributed by atoms with Crippen LogP contribution in [0.5, 0.6) is 0 Å². The van der Waals surface area contributed by atoms with E-state index in [2.05, 4.69) is 0 Å². The molecule has 0 heterocycles. The Balaban J connectivity index is 3.37. The Morgan fingerprint density at radius 2 is 1.88 bits per heavy atom. The SMILES string of the molecule is CC(C)(C)C1C=C(O)C=CC1(O)S(=O)(=O)O. The van der Waals surface area contributed by atoms with Crippen LogP contribution in [0, 0.1) is 11.3 Å². The molecule has 3 N–H and O–H groups in total. The first-order valence-corrected chi connectivity index (χ1v) is 6.22. The highest BCUT2D eigenvalue weighted by molar-refractivity contribution is 7.87. The van der Waals surface area contributed by atoms with Crippen LogP contribution in [0.25, 0.3) is 0 Å². The van der Waals surface area contributed by atoms with Crippen LogP contribution < -0.4 is 0 Å². The number of hydrogen-bond acceptors (Lipinski definition) is 4. The molecule has 0 aromatic rings. The number of rotatable bonds is 1. The molecule has 2 unspecified atom stereocenters. The zero-order chi connectivity index (χ0) is 12.8. The predicted molar refractivity (Wildman–Crippen MR) is 59.3 cm³/mol. The van der Waals surface area contributed by atoms with Gasteiger partial charge in [0.05, 0.1) is 0 Å². The third kappa shape index (κ3) is 2.14. The summed E-state index contributed by atoms with van der Waals surface area (Å²) in [4.78, 5) is -2.39. The second kappa shape index (κ2) is 3.58. The van der Waals surface area contributed by atoms with E-state index in [-0.39, 0.29) is 5.76 Å². The van der Waals surface area contributed by atoms with E-state index < -0.39 is 26.4 Å². The molecule has 6 heteroatoms. The summed E-state index contributed by atoms with van der Waals surface area (Å²) in [6.07, 6.45) is 3.18. The number of allylic oxidation sites excluding steroid dienone is 1. The molecule has 0 saturated heterocycles. The highest BCUT2D eigenvalue weighted by Gasteiger charge is 2.51. The lowest BCUT2D eigenvalue weighted by molar-refractivity contribution is 0.0575. The molecule has 0 spiro atoms. The summed E-state index contributed by atoms with van der Waals surface area (Å²) in [5.74, 6) is -1.06. The van der Waals surface area contributed by atoms with Crippen molar-refractivity contribution in [3.63, 3.8) is 0 Å². The van der Waals surface area contributed by atoms with Gasteiger partial charge in [-0.25, -0.2) is 0 Å². The lowest BCUT2D eigenvalue weighted by Gasteiger charge is -2.39. The number of aliphatic hydroxyl groups excluding tert-OH is 1. The zero-order valence-corrected chi connectivity index (χ0v) is 10.2. The minimum Gasteiger partial charge on any atom is -0.508 e. The van der Waals surface area contributed by atoms with E-state index in [1.807, 2.05) is 0 Å². The molecule has 0 amide bonds. The van der Waals surface area contributed by atoms with Crippen molar-refractivity contribution >= 4 is 10.1 Å². The normalized spacial score (nSPS) is 31.3. The maximum absolute atomic E-state index is 11.2. The van der Waals surface area contributed by atoms with Crippen molar-refractivity contribution in [1.29, 1.82) is 0 Å². The Kier molecular flexibility index (Phi) is 2.96. The van der Waals surface area contributed by atoms with Crippen LogP contribution in [0.4, 0.5) is 0 Å². The molecule has 0 aromatic heterocycles. The van der Waals surface area contributed by atoms with Gasteiger partial charge in [0.25, 0.3) is 10.1 Å². The van der Waals surface area contributed by atoms with Crippen LogP contribution in [-0.4, -0.2) is 28.1 Å². The van der Waals surface area contributed by atoms with E-state index in [1.165, 1.54) is 6.08 Å². The number of hydrogen-bond donors (Lipinski definition) is 3.